The minimum absolute atomic E-state index is 0.257. The van der Waals surface area contributed by atoms with Crippen LogP contribution in [0.2, 0.25) is 0 Å². The van der Waals surface area contributed by atoms with E-state index in [0.29, 0.717) is 11.0 Å². The molecule has 0 aromatic heterocycles. The molecule has 1 aliphatic carbocycles. The van der Waals surface area contributed by atoms with Crippen molar-refractivity contribution in [3.05, 3.63) is 23.8 Å². The number of hydrogen-bond acceptors (Lipinski definition) is 4. The summed E-state index contributed by atoms with van der Waals surface area (Å²) in [6, 6.07) is 5.87. The van der Waals surface area contributed by atoms with Crippen LogP contribution in [0.25, 0.3) is 0 Å². The zero-order valence-electron chi connectivity index (χ0n) is 11.2. The first kappa shape index (κ1) is 12.9. The highest BCUT2D eigenvalue weighted by molar-refractivity contribution is 7.99. The molecule has 2 aliphatic rings. The van der Waals surface area contributed by atoms with Gasteiger partial charge in [-0.2, -0.15) is 0 Å². The summed E-state index contributed by atoms with van der Waals surface area (Å²) in [6.45, 7) is 0.973. The van der Waals surface area contributed by atoms with Gasteiger partial charge in [0.2, 0.25) is 0 Å². The monoisotopic (exact) mass is 277 g/mol. The Bertz CT molecular complexity index is 495. The van der Waals surface area contributed by atoms with Gasteiger partial charge in [0, 0.05) is 17.2 Å². The Hall–Kier alpha value is -1.16. The van der Waals surface area contributed by atoms with E-state index in [1.165, 1.54) is 37.7 Å². The number of fused-ring (bicyclic) bond motifs is 1. The van der Waals surface area contributed by atoms with Crippen molar-refractivity contribution in [1.82, 2.24) is 0 Å². The number of anilines is 1. The number of methoxy groups -OCH3 is 1. The van der Waals surface area contributed by atoms with E-state index in [4.69, 9.17) is 4.74 Å². The number of thioether (sulfide) groups is 1. The zero-order valence-corrected chi connectivity index (χ0v) is 12.0. The molecule has 0 atom stereocenters. The third kappa shape index (κ3) is 2.34. The Balaban J connectivity index is 1.92. The van der Waals surface area contributed by atoms with Gasteiger partial charge in [-0.25, -0.2) is 4.79 Å². The van der Waals surface area contributed by atoms with Gasteiger partial charge in [-0.05, 0) is 30.4 Å². The Morgan fingerprint density at radius 1 is 1.37 bits per heavy atom. The van der Waals surface area contributed by atoms with E-state index in [1.807, 2.05) is 23.9 Å². The second kappa shape index (κ2) is 5.08. The number of hydrogen-bond donors (Lipinski definition) is 1. The Kier molecular flexibility index (Phi) is 3.44. The maximum absolute atomic E-state index is 11.8. The Morgan fingerprint density at radius 2 is 2.16 bits per heavy atom. The SMILES string of the molecule is COC(=O)c1cccc2c1NCC1(CCCC1)CS2. The topological polar surface area (TPSA) is 38.3 Å². The maximum Gasteiger partial charge on any atom is 0.340 e. The van der Waals surface area contributed by atoms with Gasteiger partial charge in [-0.3, -0.25) is 0 Å². The van der Waals surface area contributed by atoms with Crippen LogP contribution in [-0.4, -0.2) is 25.4 Å². The van der Waals surface area contributed by atoms with Crippen molar-refractivity contribution >= 4 is 23.4 Å². The number of rotatable bonds is 1. The molecule has 1 N–H and O–H groups in total. The molecule has 19 heavy (non-hydrogen) atoms. The number of esters is 1. The molecule has 1 aromatic rings. The average Bonchev–Trinajstić information content (AvgIpc) is 2.82. The lowest BCUT2D eigenvalue weighted by Gasteiger charge is -2.26. The summed E-state index contributed by atoms with van der Waals surface area (Å²) in [5.74, 6) is 0.893. The first-order valence-corrected chi connectivity index (χ1v) is 7.81. The number of nitrogens with one attached hydrogen (secondary N) is 1. The predicted octanol–water partition coefficient (Wildman–Crippen LogP) is 3.55. The van der Waals surface area contributed by atoms with Crippen LogP contribution >= 0.6 is 11.8 Å². The number of carbonyl (C=O) groups excluding carboxylic acids is 1. The van der Waals surface area contributed by atoms with Crippen molar-refractivity contribution in [2.24, 2.45) is 5.41 Å². The van der Waals surface area contributed by atoms with Crippen molar-refractivity contribution in [3.8, 4) is 0 Å². The van der Waals surface area contributed by atoms with Crippen LogP contribution in [0, 0.1) is 5.41 Å². The van der Waals surface area contributed by atoms with Gasteiger partial charge in [0.1, 0.15) is 0 Å². The first-order chi connectivity index (χ1) is 9.24. The van der Waals surface area contributed by atoms with Crippen LogP contribution in [0.3, 0.4) is 0 Å². The summed E-state index contributed by atoms with van der Waals surface area (Å²) >= 11 is 1.88. The molecule has 4 heteroatoms. The molecule has 1 heterocycles. The minimum Gasteiger partial charge on any atom is -0.465 e. The molecule has 1 fully saturated rings. The summed E-state index contributed by atoms with van der Waals surface area (Å²) in [4.78, 5) is 13.0. The largest absolute Gasteiger partial charge is 0.465 e. The van der Waals surface area contributed by atoms with Gasteiger partial charge in [0.05, 0.1) is 18.4 Å². The lowest BCUT2D eigenvalue weighted by molar-refractivity contribution is 0.0601. The van der Waals surface area contributed by atoms with Gasteiger partial charge >= 0.3 is 5.97 Å². The van der Waals surface area contributed by atoms with E-state index >= 15 is 0 Å². The van der Waals surface area contributed by atoms with Crippen molar-refractivity contribution in [2.45, 2.75) is 30.6 Å². The van der Waals surface area contributed by atoms with Gasteiger partial charge < -0.3 is 10.1 Å². The van der Waals surface area contributed by atoms with Crippen LogP contribution in [0.15, 0.2) is 23.1 Å². The number of para-hydroxylation sites is 1. The van der Waals surface area contributed by atoms with Crippen molar-refractivity contribution in [3.63, 3.8) is 0 Å². The predicted molar refractivity (Wildman–Crippen MR) is 77.9 cm³/mol. The fourth-order valence-corrected chi connectivity index (χ4v) is 4.47. The Labute approximate surface area is 118 Å². The summed E-state index contributed by atoms with van der Waals surface area (Å²) in [5.41, 5.74) is 2.03. The lowest BCUT2D eigenvalue weighted by Crippen LogP contribution is -2.28. The molecule has 1 aliphatic heterocycles. The molecule has 1 spiro atoms. The van der Waals surface area contributed by atoms with Gasteiger partial charge in [-0.15, -0.1) is 11.8 Å². The molecular formula is C15H19NO2S. The van der Waals surface area contributed by atoms with E-state index in [1.54, 1.807) is 0 Å². The molecule has 3 rings (SSSR count). The van der Waals surface area contributed by atoms with Crippen molar-refractivity contribution < 1.29 is 9.53 Å². The molecule has 0 bridgehead atoms. The minimum atomic E-state index is -0.257. The van der Waals surface area contributed by atoms with E-state index < -0.39 is 0 Å². The highest BCUT2D eigenvalue weighted by atomic mass is 32.2. The molecule has 3 nitrogen and oxygen atoms in total. The fraction of sp³-hybridized carbons (Fsp3) is 0.533. The highest BCUT2D eigenvalue weighted by Gasteiger charge is 2.36. The number of ether oxygens (including phenoxy) is 1. The third-order valence-electron chi connectivity index (χ3n) is 4.27. The van der Waals surface area contributed by atoms with Crippen LogP contribution in [0.5, 0.6) is 0 Å². The van der Waals surface area contributed by atoms with Gasteiger partial charge in [0.25, 0.3) is 0 Å². The zero-order chi connectivity index (χ0) is 13.3. The maximum atomic E-state index is 11.8. The second-order valence-electron chi connectivity index (χ2n) is 5.52. The van der Waals surface area contributed by atoms with Crippen molar-refractivity contribution in [1.29, 1.82) is 0 Å². The first-order valence-electron chi connectivity index (χ1n) is 6.82. The normalized spacial score (nSPS) is 20.5. The molecule has 1 aromatic carbocycles. The fourth-order valence-electron chi connectivity index (χ4n) is 3.12. The molecule has 0 amide bonds. The smallest absolute Gasteiger partial charge is 0.340 e. The Morgan fingerprint density at radius 3 is 2.89 bits per heavy atom. The van der Waals surface area contributed by atoms with Crippen LogP contribution in [0.4, 0.5) is 5.69 Å². The quantitative estimate of drug-likeness (QED) is 0.797. The number of carbonyl (C=O) groups is 1. The number of benzene rings is 1. The van der Waals surface area contributed by atoms with E-state index in [-0.39, 0.29) is 5.97 Å². The summed E-state index contributed by atoms with van der Waals surface area (Å²) in [7, 11) is 1.43. The van der Waals surface area contributed by atoms with Crippen LogP contribution in [-0.2, 0) is 4.74 Å². The standard InChI is InChI=1S/C15H19NO2S/c1-18-14(17)11-5-4-6-12-13(11)16-9-15(10-19-12)7-2-3-8-15/h4-6,16H,2-3,7-10H2,1H3. The molecule has 0 radical (unpaired) electrons. The molecule has 102 valence electrons. The third-order valence-corrected chi connectivity index (χ3v) is 5.68. The second-order valence-corrected chi connectivity index (χ2v) is 6.54. The molecule has 0 unspecified atom stereocenters. The van der Waals surface area contributed by atoms with Crippen molar-refractivity contribution in [2.75, 3.05) is 24.7 Å². The van der Waals surface area contributed by atoms with Gasteiger partial charge in [0.15, 0.2) is 0 Å². The van der Waals surface area contributed by atoms with Gasteiger partial charge in [-0.1, -0.05) is 18.9 Å². The molecule has 0 saturated heterocycles. The molecule has 1 saturated carbocycles. The van der Waals surface area contributed by atoms with E-state index in [2.05, 4.69) is 11.4 Å². The highest BCUT2D eigenvalue weighted by Crippen LogP contribution is 2.46. The summed E-state index contributed by atoms with van der Waals surface area (Å²) < 4.78 is 4.87. The lowest BCUT2D eigenvalue weighted by atomic mass is 9.88. The van der Waals surface area contributed by atoms with E-state index in [9.17, 15) is 4.79 Å². The average molecular weight is 277 g/mol. The summed E-state index contributed by atoms with van der Waals surface area (Å²) in [5, 5.41) is 3.52. The molecular weight excluding hydrogens is 258 g/mol. The summed E-state index contributed by atoms with van der Waals surface area (Å²) in [6.07, 6.45) is 5.27. The van der Waals surface area contributed by atoms with E-state index in [0.717, 1.165) is 18.0 Å². The van der Waals surface area contributed by atoms with Crippen LogP contribution < -0.4 is 5.32 Å². The van der Waals surface area contributed by atoms with Crippen LogP contribution in [0.1, 0.15) is 36.0 Å².